The first kappa shape index (κ1) is 21.0. The predicted octanol–water partition coefficient (Wildman–Crippen LogP) is 4.43. The highest BCUT2D eigenvalue weighted by Gasteiger charge is 2.29. The monoisotopic (exact) mass is 479 g/mol. The molecule has 2 aromatic heterocycles. The van der Waals surface area contributed by atoms with Crippen LogP contribution in [0.15, 0.2) is 113 Å². The Bertz CT molecular complexity index is 1960. The molecule has 35 heavy (non-hydrogen) atoms. The fourth-order valence-corrected chi connectivity index (χ4v) is 6.03. The fraction of sp³-hybridized carbons (Fsp3) is 0. The second kappa shape index (κ2) is 7.75. The molecule has 6 aromatic rings. The third-order valence-electron chi connectivity index (χ3n) is 6.04. The number of fused-ring (bicyclic) bond motifs is 3. The summed E-state index contributed by atoms with van der Waals surface area (Å²) in [7, 11) is -4.39. The van der Waals surface area contributed by atoms with Gasteiger partial charge in [0.2, 0.25) is 0 Å². The van der Waals surface area contributed by atoms with Crippen LogP contribution in [0.3, 0.4) is 0 Å². The summed E-state index contributed by atoms with van der Waals surface area (Å²) in [5.41, 5.74) is -0.0975. The van der Waals surface area contributed by atoms with Gasteiger partial charge in [-0.05, 0) is 41.1 Å². The number of carbonyl (C=O) groups is 1. The number of pyridine rings is 1. The molecule has 4 aromatic carbocycles. The lowest BCUT2D eigenvalue weighted by molar-refractivity contribution is 0.0962. The van der Waals surface area contributed by atoms with Gasteiger partial charge in [-0.2, -0.15) is 3.97 Å². The Hall–Kier alpha value is -4.56. The van der Waals surface area contributed by atoms with Crippen molar-refractivity contribution in [1.82, 2.24) is 13.5 Å². The van der Waals surface area contributed by atoms with Crippen LogP contribution in [-0.4, -0.2) is 27.8 Å². The van der Waals surface area contributed by atoms with E-state index in [-0.39, 0.29) is 21.4 Å². The van der Waals surface area contributed by atoms with Crippen LogP contribution in [0.1, 0.15) is 10.4 Å². The van der Waals surface area contributed by atoms with E-state index in [0.29, 0.717) is 20.3 Å². The standard InChI is InChI=1S/C27H17N3O4S/c31-26(21-13-5-9-18-8-1-2-12-20(18)21)29-22-14-3-4-15-23(22)30(27(29)32)35(33,34)24-16-6-10-19-11-7-17-28-25(19)24/h1-17H. The van der Waals surface area contributed by atoms with Crippen LogP contribution in [-0.2, 0) is 10.0 Å². The Kier molecular flexibility index (Phi) is 4.65. The molecule has 0 N–H and O–H groups in total. The highest BCUT2D eigenvalue weighted by molar-refractivity contribution is 7.90. The first-order valence-electron chi connectivity index (χ1n) is 10.8. The minimum absolute atomic E-state index is 0.110. The van der Waals surface area contributed by atoms with Gasteiger partial charge in [-0.1, -0.05) is 66.7 Å². The summed E-state index contributed by atoms with van der Waals surface area (Å²) in [5, 5.41) is 2.13. The SMILES string of the molecule is O=C(c1cccc2ccccc12)n1c(=O)n(S(=O)(=O)c2cccc3cccnc23)c2ccccc21. The van der Waals surface area contributed by atoms with Gasteiger partial charge in [0.15, 0.2) is 0 Å². The molecule has 0 aliphatic rings. The maximum atomic E-state index is 13.9. The Morgan fingerprint density at radius 3 is 2.23 bits per heavy atom. The smallest absolute Gasteiger partial charge is 0.268 e. The first-order chi connectivity index (χ1) is 17.0. The Morgan fingerprint density at radius 2 is 1.37 bits per heavy atom. The molecule has 0 atom stereocenters. The van der Waals surface area contributed by atoms with Gasteiger partial charge in [-0.15, -0.1) is 0 Å². The lowest BCUT2D eigenvalue weighted by Gasteiger charge is -2.08. The van der Waals surface area contributed by atoms with Gasteiger partial charge in [-0.3, -0.25) is 9.78 Å². The van der Waals surface area contributed by atoms with Crippen LogP contribution in [0.25, 0.3) is 32.7 Å². The van der Waals surface area contributed by atoms with Crippen molar-refractivity contribution in [3.8, 4) is 0 Å². The average molecular weight is 480 g/mol. The lowest BCUT2D eigenvalue weighted by Crippen LogP contribution is -2.33. The number of benzene rings is 4. The number of rotatable bonds is 3. The van der Waals surface area contributed by atoms with Crippen molar-refractivity contribution in [3.05, 3.63) is 119 Å². The number of hydrogen-bond donors (Lipinski definition) is 0. The second-order valence-electron chi connectivity index (χ2n) is 8.04. The highest BCUT2D eigenvalue weighted by atomic mass is 32.2. The Labute approximate surface area is 199 Å². The third-order valence-corrected chi connectivity index (χ3v) is 7.76. The van der Waals surface area contributed by atoms with Crippen molar-refractivity contribution >= 4 is 48.6 Å². The van der Waals surface area contributed by atoms with E-state index in [4.69, 9.17) is 0 Å². The van der Waals surface area contributed by atoms with Gasteiger partial charge in [0.25, 0.3) is 15.9 Å². The van der Waals surface area contributed by atoms with Crippen LogP contribution in [0, 0.1) is 0 Å². The molecule has 0 unspecified atom stereocenters. The Morgan fingerprint density at radius 1 is 0.714 bits per heavy atom. The van der Waals surface area contributed by atoms with Crippen molar-refractivity contribution in [3.63, 3.8) is 0 Å². The summed E-state index contributed by atoms with van der Waals surface area (Å²) in [6.07, 6.45) is 1.50. The van der Waals surface area contributed by atoms with E-state index in [1.54, 1.807) is 60.7 Å². The summed E-state index contributed by atoms with van der Waals surface area (Å²) in [6, 6.07) is 27.2. The van der Waals surface area contributed by atoms with Gasteiger partial charge in [0.1, 0.15) is 4.90 Å². The molecule has 0 spiro atoms. The molecule has 0 saturated heterocycles. The molecule has 170 valence electrons. The van der Waals surface area contributed by atoms with E-state index in [0.717, 1.165) is 9.95 Å². The van der Waals surface area contributed by atoms with Crippen molar-refractivity contribution in [2.24, 2.45) is 0 Å². The zero-order chi connectivity index (χ0) is 24.2. The number of carbonyl (C=O) groups excluding carboxylic acids is 1. The van der Waals surface area contributed by atoms with Crippen molar-refractivity contribution in [2.75, 3.05) is 0 Å². The van der Waals surface area contributed by atoms with Crippen molar-refractivity contribution in [2.45, 2.75) is 4.90 Å². The van der Waals surface area contributed by atoms with Gasteiger partial charge < -0.3 is 0 Å². The van der Waals surface area contributed by atoms with Crippen LogP contribution in [0.5, 0.6) is 0 Å². The zero-order valence-electron chi connectivity index (χ0n) is 18.2. The van der Waals surface area contributed by atoms with E-state index in [1.807, 2.05) is 24.3 Å². The molecule has 0 aliphatic carbocycles. The quantitative estimate of drug-likeness (QED) is 0.375. The summed E-state index contributed by atoms with van der Waals surface area (Å²) in [4.78, 5) is 31.6. The molecule has 0 aliphatic heterocycles. The predicted molar refractivity (Wildman–Crippen MR) is 134 cm³/mol. The summed E-state index contributed by atoms with van der Waals surface area (Å²) in [6.45, 7) is 0. The van der Waals surface area contributed by atoms with E-state index in [2.05, 4.69) is 4.98 Å². The number of para-hydroxylation sites is 3. The summed E-state index contributed by atoms with van der Waals surface area (Å²) < 4.78 is 29.3. The lowest BCUT2D eigenvalue weighted by atomic mass is 10.0. The maximum absolute atomic E-state index is 13.9. The molecular weight excluding hydrogens is 462 g/mol. The molecule has 0 amide bonds. The number of aromatic nitrogens is 3. The van der Waals surface area contributed by atoms with Crippen LogP contribution in [0.4, 0.5) is 0 Å². The van der Waals surface area contributed by atoms with Gasteiger partial charge in [0, 0.05) is 17.1 Å². The van der Waals surface area contributed by atoms with E-state index in [9.17, 15) is 18.0 Å². The molecule has 2 heterocycles. The zero-order valence-corrected chi connectivity index (χ0v) is 19.0. The van der Waals surface area contributed by atoms with Crippen LogP contribution in [0.2, 0.25) is 0 Å². The molecule has 6 rings (SSSR count). The van der Waals surface area contributed by atoms with E-state index < -0.39 is 21.6 Å². The van der Waals surface area contributed by atoms with Gasteiger partial charge in [-0.25, -0.2) is 17.8 Å². The third kappa shape index (κ3) is 3.11. The normalized spacial score (nSPS) is 11.9. The first-order valence-corrected chi connectivity index (χ1v) is 12.3. The molecule has 0 bridgehead atoms. The highest BCUT2D eigenvalue weighted by Crippen LogP contribution is 2.26. The molecule has 7 nitrogen and oxygen atoms in total. The largest absolute Gasteiger partial charge is 0.350 e. The number of hydrogen-bond acceptors (Lipinski definition) is 5. The number of nitrogens with zero attached hydrogens (tertiary/aromatic N) is 3. The minimum atomic E-state index is -4.39. The molecule has 0 fully saturated rings. The molecule has 0 radical (unpaired) electrons. The molecular formula is C27H17N3O4S. The second-order valence-corrected chi connectivity index (χ2v) is 9.79. The van der Waals surface area contributed by atoms with E-state index in [1.165, 1.54) is 18.3 Å². The molecule has 0 saturated carbocycles. The topological polar surface area (TPSA) is 91.0 Å². The Balaban J connectivity index is 1.65. The summed E-state index contributed by atoms with van der Waals surface area (Å²) >= 11 is 0. The van der Waals surface area contributed by atoms with Crippen molar-refractivity contribution in [1.29, 1.82) is 0 Å². The number of imidazole rings is 1. The van der Waals surface area contributed by atoms with E-state index >= 15 is 0 Å². The van der Waals surface area contributed by atoms with Gasteiger partial charge in [0.05, 0.1) is 16.6 Å². The molecule has 8 heteroatoms. The van der Waals surface area contributed by atoms with Crippen LogP contribution < -0.4 is 5.69 Å². The maximum Gasteiger partial charge on any atom is 0.350 e. The van der Waals surface area contributed by atoms with Crippen LogP contribution >= 0.6 is 0 Å². The summed E-state index contributed by atoms with van der Waals surface area (Å²) in [5.74, 6) is -0.604. The minimum Gasteiger partial charge on any atom is -0.268 e. The fourth-order valence-electron chi connectivity index (χ4n) is 4.47. The van der Waals surface area contributed by atoms with Crippen molar-refractivity contribution < 1.29 is 13.2 Å². The van der Waals surface area contributed by atoms with Gasteiger partial charge >= 0.3 is 5.69 Å². The average Bonchev–Trinajstić information content (AvgIpc) is 3.20.